The molecule has 3 aromatic carbocycles. The Hall–Kier alpha value is -4.43. The van der Waals surface area contributed by atoms with Gasteiger partial charge in [0.1, 0.15) is 0 Å². The molecule has 43 heavy (non-hydrogen) atoms. The minimum Gasteiger partial charge on any atom is -0.478 e. The van der Waals surface area contributed by atoms with Crippen molar-refractivity contribution in [3.8, 4) is 11.1 Å². The van der Waals surface area contributed by atoms with E-state index in [-0.39, 0.29) is 29.6 Å². The summed E-state index contributed by atoms with van der Waals surface area (Å²) in [6, 6.07) is 20.4. The molecule has 0 aliphatic carbocycles. The van der Waals surface area contributed by atoms with Crippen LogP contribution < -0.4 is 20.7 Å². The number of carbonyl (C=O) groups is 2. The minimum absolute atomic E-state index is 0.133. The SMILES string of the molecule is O=C(NC(CCCCNC1N=CCCN1)(NS(=O)(=O)c1ccc(-c2ccccc2)cc1)C(=O)O)c1cccc2[nH]ncc12. The van der Waals surface area contributed by atoms with Gasteiger partial charge in [0.05, 0.1) is 22.2 Å². The summed E-state index contributed by atoms with van der Waals surface area (Å²) in [4.78, 5) is 30.5. The molecule has 0 radical (unpaired) electrons. The molecule has 1 aliphatic rings. The zero-order chi connectivity index (χ0) is 30.3. The molecule has 224 valence electrons. The smallest absolute Gasteiger partial charge is 0.345 e. The molecule has 6 N–H and O–H groups in total. The molecular formula is C30H33N7O5S. The molecule has 2 atom stereocenters. The van der Waals surface area contributed by atoms with Crippen molar-refractivity contribution >= 4 is 39.0 Å². The van der Waals surface area contributed by atoms with Gasteiger partial charge < -0.3 is 10.4 Å². The standard InChI is InChI=1S/C30H33N7O5S/c38-27(24-10-6-11-26-25(24)20-34-36-26)35-30(28(39)40,16-4-5-17-31-29-32-18-7-19-33-29)37-43(41,42)23-14-12-22(13-15-23)21-8-2-1-3-9-21/h1-3,6,8-15,18,20,29,31,33,37H,4-5,7,16-17,19H2,(H,34,36)(H,35,38)(H,39,40). The van der Waals surface area contributed by atoms with Gasteiger partial charge in [-0.2, -0.15) is 9.82 Å². The number of aliphatic carboxylic acids is 1. The fourth-order valence-electron chi connectivity index (χ4n) is 4.91. The van der Waals surface area contributed by atoms with E-state index in [1.807, 2.05) is 36.5 Å². The van der Waals surface area contributed by atoms with Crippen LogP contribution in [-0.2, 0) is 14.8 Å². The van der Waals surface area contributed by atoms with Crippen LogP contribution in [0.2, 0.25) is 0 Å². The second-order valence-corrected chi connectivity index (χ2v) is 11.9. The topological polar surface area (TPSA) is 178 Å². The van der Waals surface area contributed by atoms with Crippen LogP contribution in [0.5, 0.6) is 0 Å². The highest BCUT2D eigenvalue weighted by Crippen LogP contribution is 2.24. The van der Waals surface area contributed by atoms with Crippen LogP contribution in [0.1, 0.15) is 36.0 Å². The Morgan fingerprint density at radius 2 is 1.74 bits per heavy atom. The fourth-order valence-corrected chi connectivity index (χ4v) is 6.22. The van der Waals surface area contributed by atoms with E-state index in [1.165, 1.54) is 24.4 Å². The van der Waals surface area contributed by atoms with Gasteiger partial charge in [-0.1, -0.05) is 48.5 Å². The molecule has 1 aliphatic heterocycles. The second kappa shape index (κ2) is 13.3. The van der Waals surface area contributed by atoms with Crippen LogP contribution in [0, 0.1) is 0 Å². The second-order valence-electron chi connectivity index (χ2n) is 10.2. The van der Waals surface area contributed by atoms with Crippen molar-refractivity contribution in [2.24, 2.45) is 4.99 Å². The molecule has 12 nitrogen and oxygen atoms in total. The number of sulfonamides is 1. The quantitative estimate of drug-likeness (QED) is 0.0998. The first-order valence-electron chi connectivity index (χ1n) is 13.9. The maximum absolute atomic E-state index is 13.6. The van der Waals surface area contributed by atoms with Crippen molar-refractivity contribution in [2.75, 3.05) is 13.1 Å². The van der Waals surface area contributed by atoms with Gasteiger partial charge in [0, 0.05) is 18.1 Å². The van der Waals surface area contributed by atoms with E-state index >= 15 is 0 Å². The van der Waals surface area contributed by atoms with E-state index in [0.717, 1.165) is 24.1 Å². The Morgan fingerprint density at radius 3 is 2.47 bits per heavy atom. The average molecular weight is 604 g/mol. The lowest BCUT2D eigenvalue weighted by Crippen LogP contribution is -2.65. The van der Waals surface area contributed by atoms with Gasteiger partial charge in [0.25, 0.3) is 5.91 Å². The number of nitrogens with zero attached hydrogens (tertiary/aromatic N) is 2. The highest BCUT2D eigenvalue weighted by atomic mass is 32.2. The molecule has 1 aromatic heterocycles. The predicted octanol–water partition coefficient (Wildman–Crippen LogP) is 2.83. The van der Waals surface area contributed by atoms with Crippen molar-refractivity contribution in [2.45, 2.75) is 42.5 Å². The Bertz CT molecular complexity index is 1710. The number of aromatic nitrogens is 2. The number of hydrogen-bond donors (Lipinski definition) is 6. The predicted molar refractivity (Wildman–Crippen MR) is 163 cm³/mol. The van der Waals surface area contributed by atoms with Crippen molar-refractivity contribution in [3.05, 3.63) is 84.6 Å². The summed E-state index contributed by atoms with van der Waals surface area (Å²) in [5.41, 5.74) is 0.114. The molecule has 4 aromatic rings. The Morgan fingerprint density at radius 1 is 0.977 bits per heavy atom. The lowest BCUT2D eigenvalue weighted by atomic mass is 10.0. The van der Waals surface area contributed by atoms with E-state index in [2.05, 4.69) is 35.9 Å². The van der Waals surface area contributed by atoms with Gasteiger partial charge in [-0.15, -0.1) is 0 Å². The largest absolute Gasteiger partial charge is 0.478 e. The summed E-state index contributed by atoms with van der Waals surface area (Å²) >= 11 is 0. The van der Waals surface area contributed by atoms with Crippen LogP contribution in [-0.4, -0.2) is 66.9 Å². The zero-order valence-corrected chi connectivity index (χ0v) is 24.1. The van der Waals surface area contributed by atoms with E-state index in [1.54, 1.807) is 24.3 Å². The number of carboxylic acids is 1. The van der Waals surface area contributed by atoms with Gasteiger partial charge in [0.15, 0.2) is 6.29 Å². The molecule has 2 heterocycles. The summed E-state index contributed by atoms with van der Waals surface area (Å²) < 4.78 is 29.5. The average Bonchev–Trinajstić information content (AvgIpc) is 3.51. The Kier molecular flexibility index (Phi) is 9.26. The van der Waals surface area contributed by atoms with Gasteiger partial charge >= 0.3 is 5.97 Å². The van der Waals surface area contributed by atoms with Crippen molar-refractivity contribution in [1.82, 2.24) is 30.9 Å². The van der Waals surface area contributed by atoms with Crippen molar-refractivity contribution in [3.63, 3.8) is 0 Å². The monoisotopic (exact) mass is 603 g/mol. The number of carboxylic acid groups (broad SMARTS) is 1. The van der Waals surface area contributed by atoms with Gasteiger partial charge in [-0.3, -0.25) is 25.5 Å². The number of fused-ring (bicyclic) bond motifs is 1. The third-order valence-electron chi connectivity index (χ3n) is 7.18. The number of carbonyl (C=O) groups excluding carboxylic acids is 1. The maximum Gasteiger partial charge on any atom is 0.345 e. The molecule has 13 heteroatoms. The fraction of sp³-hybridized carbons (Fsp3) is 0.267. The normalized spacial score (nSPS) is 16.5. The molecule has 0 saturated heterocycles. The number of nitrogens with one attached hydrogen (secondary N) is 5. The van der Waals surface area contributed by atoms with Gasteiger partial charge in [-0.05, 0) is 67.6 Å². The number of benzene rings is 3. The zero-order valence-electron chi connectivity index (χ0n) is 23.3. The number of H-pyrrole nitrogens is 1. The molecule has 5 rings (SSSR count). The highest BCUT2D eigenvalue weighted by Gasteiger charge is 2.44. The van der Waals surface area contributed by atoms with Crippen LogP contribution in [0.3, 0.4) is 0 Å². The summed E-state index contributed by atoms with van der Waals surface area (Å²) in [7, 11) is -4.39. The molecule has 0 bridgehead atoms. The Labute approximate surface area is 249 Å². The summed E-state index contributed by atoms with van der Waals surface area (Å²) in [5.74, 6) is -2.29. The molecule has 1 amide bonds. The summed E-state index contributed by atoms with van der Waals surface area (Å²) in [5, 5.41) is 26.6. The lowest BCUT2D eigenvalue weighted by Gasteiger charge is -2.31. The minimum atomic E-state index is -4.39. The number of aliphatic imine (C=N–C) groups is 1. The first-order chi connectivity index (χ1) is 20.8. The molecular weight excluding hydrogens is 570 g/mol. The third-order valence-corrected chi connectivity index (χ3v) is 8.69. The summed E-state index contributed by atoms with van der Waals surface area (Å²) in [6.07, 6.45) is 4.48. The highest BCUT2D eigenvalue weighted by molar-refractivity contribution is 7.89. The first-order valence-corrected chi connectivity index (χ1v) is 15.4. The van der Waals surface area contributed by atoms with E-state index < -0.39 is 27.6 Å². The van der Waals surface area contributed by atoms with Crippen LogP contribution in [0.4, 0.5) is 0 Å². The maximum atomic E-state index is 13.6. The van der Waals surface area contributed by atoms with Crippen LogP contribution in [0.15, 0.2) is 88.9 Å². The number of unbranched alkanes of at least 4 members (excludes halogenated alkanes) is 1. The Balaban J connectivity index is 1.38. The lowest BCUT2D eigenvalue weighted by molar-refractivity contribution is -0.145. The molecule has 0 fully saturated rings. The molecule has 2 unspecified atom stereocenters. The first kappa shape index (κ1) is 30.0. The number of aromatic amines is 1. The van der Waals surface area contributed by atoms with Gasteiger partial charge in [-0.25, -0.2) is 13.2 Å². The van der Waals surface area contributed by atoms with Crippen LogP contribution in [0.25, 0.3) is 22.0 Å². The van der Waals surface area contributed by atoms with E-state index in [0.29, 0.717) is 23.9 Å². The van der Waals surface area contributed by atoms with E-state index in [4.69, 9.17) is 0 Å². The number of amides is 1. The van der Waals surface area contributed by atoms with Crippen molar-refractivity contribution < 1.29 is 23.1 Å². The van der Waals surface area contributed by atoms with Crippen molar-refractivity contribution in [1.29, 1.82) is 0 Å². The van der Waals surface area contributed by atoms with E-state index in [9.17, 15) is 23.1 Å². The summed E-state index contributed by atoms with van der Waals surface area (Å²) in [6.45, 7) is 1.30. The number of rotatable bonds is 13. The molecule has 0 saturated carbocycles. The van der Waals surface area contributed by atoms with Crippen LogP contribution >= 0.6 is 0 Å². The van der Waals surface area contributed by atoms with Gasteiger partial charge in [0.2, 0.25) is 15.7 Å². The third kappa shape index (κ3) is 7.14. The molecule has 0 spiro atoms. The number of hydrogen-bond acceptors (Lipinski definition) is 8.